The van der Waals surface area contributed by atoms with Crippen molar-refractivity contribution in [2.24, 2.45) is 10.8 Å². The van der Waals surface area contributed by atoms with E-state index >= 15 is 0 Å². The second kappa shape index (κ2) is 8.15. The summed E-state index contributed by atoms with van der Waals surface area (Å²) in [4.78, 5) is 40.8. The second-order valence-electron chi connectivity index (χ2n) is 5.73. The molecule has 7 heteroatoms. The Bertz CT molecular complexity index is 323. The fraction of sp³-hybridized carbons (Fsp3) is 0.667. The molecule has 0 heterocycles. The van der Waals surface area contributed by atoms with Gasteiger partial charge in [0.1, 0.15) is 11.9 Å². The van der Waals surface area contributed by atoms with Crippen LogP contribution in [0.15, 0.2) is 0 Å². The summed E-state index contributed by atoms with van der Waals surface area (Å²) < 4.78 is 0. The first kappa shape index (κ1) is 23.0. The molecule has 0 spiro atoms. The van der Waals surface area contributed by atoms with Crippen molar-refractivity contribution in [2.75, 3.05) is 0 Å². The molecule has 0 atom stereocenters. The zero-order chi connectivity index (χ0) is 15.3. The minimum absolute atomic E-state index is 0. The van der Waals surface area contributed by atoms with Crippen molar-refractivity contribution in [3.63, 3.8) is 0 Å². The van der Waals surface area contributed by atoms with Crippen molar-refractivity contribution in [3.05, 3.63) is 0 Å². The van der Waals surface area contributed by atoms with Crippen LogP contribution >= 0.6 is 0 Å². The van der Waals surface area contributed by atoms with Gasteiger partial charge in [-0.2, -0.15) is 0 Å². The fourth-order valence-electron chi connectivity index (χ4n) is 0.612. The fourth-order valence-corrected chi connectivity index (χ4v) is 0.612. The van der Waals surface area contributed by atoms with E-state index in [0.717, 1.165) is 0 Å². The number of carbonyl (C=O) groups is 4. The Hall–Kier alpha value is -1.10. The third-order valence-corrected chi connectivity index (χ3v) is 1.73. The molecule has 0 amide bonds. The Morgan fingerprint density at radius 3 is 0.789 bits per heavy atom. The Kier molecular flexibility index (Phi) is 9.88. The maximum absolute atomic E-state index is 10.5. The molecular formula is C12H18O6Zn. The van der Waals surface area contributed by atoms with Crippen LogP contribution in [0.3, 0.4) is 0 Å². The van der Waals surface area contributed by atoms with Crippen LogP contribution in [0.4, 0.5) is 0 Å². The number of carboxylic acid groups (broad SMARTS) is 2. The molecule has 0 rings (SSSR count). The first-order valence-electron chi connectivity index (χ1n) is 5.22. The Labute approximate surface area is 125 Å². The van der Waals surface area contributed by atoms with Gasteiger partial charge in [-0.25, -0.2) is 0 Å². The summed E-state index contributed by atoms with van der Waals surface area (Å²) in [7, 11) is 0. The monoisotopic (exact) mass is 322 g/mol. The van der Waals surface area contributed by atoms with Crippen LogP contribution in [-0.2, 0) is 38.7 Å². The minimum Gasteiger partial charge on any atom is -0.542 e. The topological polar surface area (TPSA) is 114 Å². The van der Waals surface area contributed by atoms with Gasteiger partial charge in [0.05, 0.1) is 0 Å². The molecule has 0 fully saturated rings. The molecule has 0 aromatic rings. The quantitative estimate of drug-likeness (QED) is 0.461. The van der Waals surface area contributed by atoms with Gasteiger partial charge in [0, 0.05) is 10.8 Å². The summed E-state index contributed by atoms with van der Waals surface area (Å²) in [5.41, 5.74) is -1.64. The minimum atomic E-state index is -1.61. The molecular weight excluding hydrogens is 306 g/mol. The summed E-state index contributed by atoms with van der Waals surface area (Å²) in [5, 5.41) is 19.8. The predicted octanol–water partition coefficient (Wildman–Crippen LogP) is -1.30. The van der Waals surface area contributed by atoms with Crippen molar-refractivity contribution >= 4 is 23.5 Å². The molecule has 0 radical (unpaired) electrons. The molecule has 0 unspecified atom stereocenters. The van der Waals surface area contributed by atoms with Gasteiger partial charge in [0.15, 0.2) is 11.6 Å². The summed E-state index contributed by atoms with van der Waals surface area (Å²) in [6.45, 7) is 9.20. The number of carboxylic acids is 2. The van der Waals surface area contributed by atoms with Crippen LogP contribution in [0.5, 0.6) is 0 Å². The van der Waals surface area contributed by atoms with Gasteiger partial charge in [0.25, 0.3) is 0 Å². The molecule has 0 aromatic carbocycles. The van der Waals surface area contributed by atoms with Gasteiger partial charge in [-0.05, 0) is 0 Å². The molecule has 0 aromatic heterocycles. The van der Waals surface area contributed by atoms with Crippen molar-refractivity contribution in [1.29, 1.82) is 0 Å². The molecule has 0 bridgehead atoms. The van der Waals surface area contributed by atoms with E-state index in [1.807, 2.05) is 0 Å². The SMILES string of the molecule is CC(C)(C)C(=O)C(=O)[O-].CC(C)(C)C(=O)C(=O)[O-].[Zn+2]. The van der Waals surface area contributed by atoms with E-state index in [2.05, 4.69) is 0 Å². The molecule has 0 aliphatic carbocycles. The molecule has 0 aliphatic rings. The molecule has 0 saturated heterocycles. The van der Waals surface area contributed by atoms with Gasteiger partial charge < -0.3 is 19.8 Å². The molecule has 0 saturated carbocycles. The van der Waals surface area contributed by atoms with Gasteiger partial charge in [0.2, 0.25) is 0 Å². The number of hydrogen-bond donors (Lipinski definition) is 0. The average molecular weight is 324 g/mol. The van der Waals surface area contributed by atoms with Crippen molar-refractivity contribution < 1.29 is 48.9 Å². The van der Waals surface area contributed by atoms with E-state index in [1.165, 1.54) is 41.5 Å². The van der Waals surface area contributed by atoms with Gasteiger partial charge in [-0.15, -0.1) is 0 Å². The van der Waals surface area contributed by atoms with E-state index in [1.54, 1.807) is 0 Å². The van der Waals surface area contributed by atoms with Gasteiger partial charge >= 0.3 is 19.5 Å². The summed E-state index contributed by atoms with van der Waals surface area (Å²) in [6.07, 6.45) is 0. The summed E-state index contributed by atoms with van der Waals surface area (Å²) >= 11 is 0. The third kappa shape index (κ3) is 10.5. The zero-order valence-corrected chi connectivity index (χ0v) is 15.1. The molecule has 19 heavy (non-hydrogen) atoms. The van der Waals surface area contributed by atoms with Crippen molar-refractivity contribution in [2.45, 2.75) is 41.5 Å². The first-order chi connectivity index (χ1) is 7.71. The predicted molar refractivity (Wildman–Crippen MR) is 58.9 cm³/mol. The van der Waals surface area contributed by atoms with E-state index in [4.69, 9.17) is 0 Å². The summed E-state index contributed by atoms with van der Waals surface area (Å²) in [6, 6.07) is 0. The smallest absolute Gasteiger partial charge is 0.542 e. The zero-order valence-electron chi connectivity index (χ0n) is 12.2. The molecule has 0 N–H and O–H groups in total. The maximum atomic E-state index is 10.5. The Morgan fingerprint density at radius 1 is 0.632 bits per heavy atom. The normalized spacial score (nSPS) is 10.4. The van der Waals surface area contributed by atoms with Crippen LogP contribution in [0.2, 0.25) is 0 Å². The summed E-state index contributed by atoms with van der Waals surface area (Å²) in [5.74, 6) is -4.94. The molecule has 104 valence electrons. The van der Waals surface area contributed by atoms with Gasteiger partial charge in [-0.1, -0.05) is 41.5 Å². The number of rotatable bonds is 2. The van der Waals surface area contributed by atoms with E-state index < -0.39 is 34.3 Å². The molecule has 6 nitrogen and oxygen atoms in total. The van der Waals surface area contributed by atoms with Crippen LogP contribution < -0.4 is 10.2 Å². The standard InChI is InChI=1S/2C6H10O3.Zn/c2*1-6(2,3)4(7)5(8)9;/h2*1-3H3,(H,8,9);/q;;+2/p-2. The first-order valence-corrected chi connectivity index (χ1v) is 5.22. The maximum Gasteiger partial charge on any atom is 2.00 e. The number of hydrogen-bond acceptors (Lipinski definition) is 6. The van der Waals surface area contributed by atoms with Gasteiger partial charge in [-0.3, -0.25) is 9.59 Å². The third-order valence-electron chi connectivity index (χ3n) is 1.73. The molecule has 0 aliphatic heterocycles. The Balaban J connectivity index is -0.000000256. The largest absolute Gasteiger partial charge is 2.00 e. The van der Waals surface area contributed by atoms with Crippen molar-refractivity contribution in [3.8, 4) is 0 Å². The number of aliphatic carboxylic acids is 2. The van der Waals surface area contributed by atoms with Crippen LogP contribution in [0, 0.1) is 10.8 Å². The van der Waals surface area contributed by atoms with Crippen LogP contribution in [0.25, 0.3) is 0 Å². The van der Waals surface area contributed by atoms with Crippen LogP contribution in [-0.4, -0.2) is 23.5 Å². The average Bonchev–Trinajstić information content (AvgIpc) is 2.13. The van der Waals surface area contributed by atoms with E-state index in [9.17, 15) is 29.4 Å². The van der Waals surface area contributed by atoms with Crippen LogP contribution in [0.1, 0.15) is 41.5 Å². The van der Waals surface area contributed by atoms with Crippen molar-refractivity contribution in [1.82, 2.24) is 0 Å². The Morgan fingerprint density at radius 2 is 0.789 bits per heavy atom. The number of carbonyl (C=O) groups excluding carboxylic acids is 4. The number of Topliss-reactive ketones (excluding diaryl/α,β-unsaturated/α-hetero) is 2. The van der Waals surface area contributed by atoms with E-state index in [-0.39, 0.29) is 19.5 Å². The second-order valence-corrected chi connectivity index (χ2v) is 5.73. The van der Waals surface area contributed by atoms with E-state index in [0.29, 0.717) is 0 Å². The number of ketones is 2.